The lowest BCUT2D eigenvalue weighted by molar-refractivity contribution is 0.876. The zero-order chi connectivity index (χ0) is 12.5. The highest BCUT2D eigenvalue weighted by molar-refractivity contribution is 5.81. The van der Waals surface area contributed by atoms with Crippen molar-refractivity contribution in [2.75, 3.05) is 0 Å². The Morgan fingerprint density at radius 3 is 3.06 bits per heavy atom. The third-order valence-corrected chi connectivity index (χ3v) is 3.63. The molecule has 1 heterocycles. The summed E-state index contributed by atoms with van der Waals surface area (Å²) in [7, 11) is 0. The molecular weight excluding hydrogens is 218 g/mol. The first-order chi connectivity index (χ1) is 8.77. The molecule has 2 aliphatic carbocycles. The summed E-state index contributed by atoms with van der Waals surface area (Å²) in [6.07, 6.45) is 12.4. The third kappa shape index (κ3) is 1.70. The van der Waals surface area contributed by atoms with Gasteiger partial charge >= 0.3 is 0 Å². The summed E-state index contributed by atoms with van der Waals surface area (Å²) in [5, 5.41) is 0. The van der Waals surface area contributed by atoms with E-state index >= 15 is 0 Å². The lowest BCUT2D eigenvalue weighted by atomic mass is 9.87. The van der Waals surface area contributed by atoms with Crippen LogP contribution in [0.4, 0.5) is 0 Å². The summed E-state index contributed by atoms with van der Waals surface area (Å²) in [5.74, 6) is 0.383. The van der Waals surface area contributed by atoms with Crippen LogP contribution >= 0.6 is 0 Å². The van der Waals surface area contributed by atoms with E-state index in [0.29, 0.717) is 5.92 Å². The first kappa shape index (κ1) is 11.0. The van der Waals surface area contributed by atoms with Gasteiger partial charge in [0.2, 0.25) is 0 Å². The maximum atomic E-state index is 4.58. The number of pyridine rings is 1. The Morgan fingerprint density at radius 1 is 1.28 bits per heavy atom. The fourth-order valence-corrected chi connectivity index (χ4v) is 2.46. The number of hydrogen-bond acceptors (Lipinski definition) is 1. The SMILES string of the molecule is CC1=CC=CC2=C(c3ncccc3C=C=C2)C1C. The van der Waals surface area contributed by atoms with E-state index in [2.05, 4.69) is 54.9 Å². The molecule has 1 unspecified atom stereocenters. The minimum atomic E-state index is 0.383. The van der Waals surface area contributed by atoms with Crippen LogP contribution < -0.4 is 0 Å². The van der Waals surface area contributed by atoms with Crippen LogP contribution in [0.3, 0.4) is 0 Å². The molecular formula is C17H15N. The summed E-state index contributed by atoms with van der Waals surface area (Å²) < 4.78 is 0. The number of aromatic nitrogens is 1. The van der Waals surface area contributed by atoms with Crippen molar-refractivity contribution in [2.45, 2.75) is 13.8 Å². The molecule has 0 aromatic carbocycles. The van der Waals surface area contributed by atoms with Crippen molar-refractivity contribution < 1.29 is 0 Å². The first-order valence-electron chi connectivity index (χ1n) is 6.24. The van der Waals surface area contributed by atoms with Crippen LogP contribution in [0.25, 0.3) is 11.6 Å². The minimum Gasteiger partial charge on any atom is -0.256 e. The molecule has 3 rings (SSSR count). The molecule has 0 saturated heterocycles. The number of fused-ring (bicyclic) bond motifs is 2. The molecule has 1 aromatic rings. The van der Waals surface area contributed by atoms with E-state index in [9.17, 15) is 0 Å². The van der Waals surface area contributed by atoms with Gasteiger partial charge in [-0.3, -0.25) is 4.98 Å². The van der Waals surface area contributed by atoms with Gasteiger partial charge in [0.1, 0.15) is 0 Å². The van der Waals surface area contributed by atoms with Gasteiger partial charge in [0.25, 0.3) is 0 Å². The topological polar surface area (TPSA) is 12.9 Å². The van der Waals surface area contributed by atoms with Gasteiger partial charge in [0, 0.05) is 17.7 Å². The van der Waals surface area contributed by atoms with Gasteiger partial charge in [-0.25, -0.2) is 0 Å². The standard InChI is InChI=1S/C17H15N/c1-12-6-3-7-14-8-4-9-15-10-5-11-18-17(15)16(14)13(12)2/h3,5-11,13H,1-2H3. The Hall–Kier alpha value is -2.11. The molecule has 1 heteroatoms. The lowest BCUT2D eigenvalue weighted by Crippen LogP contribution is -2.05. The quantitative estimate of drug-likeness (QED) is 0.613. The third-order valence-electron chi connectivity index (χ3n) is 3.63. The van der Waals surface area contributed by atoms with Gasteiger partial charge in [-0.1, -0.05) is 36.8 Å². The van der Waals surface area contributed by atoms with Crippen LogP contribution in [-0.4, -0.2) is 4.98 Å². The zero-order valence-electron chi connectivity index (χ0n) is 10.6. The highest BCUT2D eigenvalue weighted by atomic mass is 14.7. The molecule has 0 saturated carbocycles. The van der Waals surface area contributed by atoms with Crippen molar-refractivity contribution >= 4 is 11.6 Å². The van der Waals surface area contributed by atoms with E-state index in [1.54, 1.807) is 0 Å². The first-order valence-corrected chi connectivity index (χ1v) is 6.24. The maximum absolute atomic E-state index is 4.58. The predicted octanol–water partition coefficient (Wildman–Crippen LogP) is 4.17. The van der Waals surface area contributed by atoms with Gasteiger partial charge in [-0.2, -0.15) is 0 Å². The molecule has 18 heavy (non-hydrogen) atoms. The van der Waals surface area contributed by atoms with E-state index in [0.717, 1.165) is 11.3 Å². The lowest BCUT2D eigenvalue weighted by Gasteiger charge is -2.18. The highest BCUT2D eigenvalue weighted by Gasteiger charge is 2.21. The number of nitrogens with zero attached hydrogens (tertiary/aromatic N) is 1. The summed E-state index contributed by atoms with van der Waals surface area (Å²) >= 11 is 0. The molecule has 0 aliphatic heterocycles. The molecule has 1 atom stereocenters. The molecule has 0 bridgehead atoms. The van der Waals surface area contributed by atoms with Crippen LogP contribution in [0.5, 0.6) is 0 Å². The smallest absolute Gasteiger partial charge is 0.0752 e. The van der Waals surface area contributed by atoms with Gasteiger partial charge in [-0.05, 0) is 36.3 Å². The summed E-state index contributed by atoms with van der Waals surface area (Å²) in [6.45, 7) is 4.42. The number of rotatable bonds is 0. The van der Waals surface area contributed by atoms with Crippen molar-refractivity contribution in [3.05, 3.63) is 70.8 Å². The van der Waals surface area contributed by atoms with E-state index in [4.69, 9.17) is 0 Å². The van der Waals surface area contributed by atoms with Gasteiger partial charge < -0.3 is 0 Å². The molecule has 88 valence electrons. The number of allylic oxidation sites excluding steroid dienone is 7. The van der Waals surface area contributed by atoms with Gasteiger partial charge in [0.05, 0.1) is 5.69 Å². The second kappa shape index (κ2) is 4.29. The van der Waals surface area contributed by atoms with Crippen LogP contribution in [0.1, 0.15) is 25.1 Å². The van der Waals surface area contributed by atoms with Crippen molar-refractivity contribution in [1.29, 1.82) is 0 Å². The van der Waals surface area contributed by atoms with E-state index in [-0.39, 0.29) is 0 Å². The second-order valence-electron chi connectivity index (χ2n) is 4.76. The fraction of sp³-hybridized carbons (Fsp3) is 0.176. The van der Waals surface area contributed by atoms with Crippen LogP contribution in [0, 0.1) is 5.92 Å². The monoisotopic (exact) mass is 233 g/mol. The Morgan fingerprint density at radius 2 is 2.17 bits per heavy atom. The van der Waals surface area contributed by atoms with Crippen LogP contribution in [-0.2, 0) is 0 Å². The summed E-state index contributed by atoms with van der Waals surface area (Å²) in [6, 6.07) is 4.07. The van der Waals surface area contributed by atoms with Gasteiger partial charge in [-0.15, -0.1) is 5.73 Å². The average Bonchev–Trinajstić information content (AvgIpc) is 2.63. The molecule has 1 aromatic heterocycles. The Kier molecular flexibility index (Phi) is 2.62. The highest BCUT2D eigenvalue weighted by Crippen LogP contribution is 2.36. The molecule has 0 spiro atoms. The van der Waals surface area contributed by atoms with Gasteiger partial charge in [0.15, 0.2) is 0 Å². The van der Waals surface area contributed by atoms with Crippen LogP contribution in [0.2, 0.25) is 0 Å². The van der Waals surface area contributed by atoms with E-state index in [1.165, 1.54) is 16.7 Å². The second-order valence-corrected chi connectivity index (χ2v) is 4.76. The Balaban J connectivity index is 2.31. The summed E-state index contributed by atoms with van der Waals surface area (Å²) in [4.78, 5) is 4.58. The van der Waals surface area contributed by atoms with Crippen molar-refractivity contribution in [3.8, 4) is 0 Å². The molecule has 0 amide bonds. The van der Waals surface area contributed by atoms with Crippen molar-refractivity contribution in [2.24, 2.45) is 5.92 Å². The molecule has 1 nitrogen and oxygen atoms in total. The molecule has 0 N–H and O–H groups in total. The largest absolute Gasteiger partial charge is 0.256 e. The summed E-state index contributed by atoms with van der Waals surface area (Å²) in [5.41, 5.74) is 9.35. The Bertz CT molecular complexity index is 650. The average molecular weight is 233 g/mol. The number of hydrogen-bond donors (Lipinski definition) is 0. The Labute approximate surface area is 108 Å². The normalized spacial score (nSPS) is 21.0. The van der Waals surface area contributed by atoms with Crippen LogP contribution in [0.15, 0.2) is 59.5 Å². The van der Waals surface area contributed by atoms with E-state index in [1.807, 2.05) is 18.3 Å². The van der Waals surface area contributed by atoms with Crippen molar-refractivity contribution in [1.82, 2.24) is 4.98 Å². The fourth-order valence-electron chi connectivity index (χ4n) is 2.46. The molecule has 0 radical (unpaired) electrons. The predicted molar refractivity (Wildman–Crippen MR) is 75.8 cm³/mol. The van der Waals surface area contributed by atoms with E-state index < -0.39 is 0 Å². The minimum absolute atomic E-state index is 0.383. The molecule has 0 fully saturated rings. The zero-order valence-corrected chi connectivity index (χ0v) is 10.6. The van der Waals surface area contributed by atoms with Crippen molar-refractivity contribution in [3.63, 3.8) is 0 Å². The molecule has 2 aliphatic rings. The maximum Gasteiger partial charge on any atom is 0.0752 e.